The van der Waals surface area contributed by atoms with Gasteiger partial charge in [-0.05, 0) is 43.0 Å². The van der Waals surface area contributed by atoms with Crippen LogP contribution in [-0.2, 0) is 9.59 Å². The molecule has 250 valence electrons. The van der Waals surface area contributed by atoms with Crippen LogP contribution in [0.2, 0.25) is 5.02 Å². The van der Waals surface area contributed by atoms with Crippen molar-refractivity contribution in [2.24, 2.45) is 0 Å². The van der Waals surface area contributed by atoms with Gasteiger partial charge in [0.25, 0.3) is 11.5 Å². The average Bonchev–Trinajstić information content (AvgIpc) is 3.03. The zero-order chi connectivity index (χ0) is 34.9. The number of hydrogen-bond acceptors (Lipinski definition) is 7. The van der Waals surface area contributed by atoms with Crippen molar-refractivity contribution < 1.29 is 23.5 Å². The van der Waals surface area contributed by atoms with E-state index in [1.165, 1.54) is 47.4 Å². The van der Waals surface area contributed by atoms with Crippen molar-refractivity contribution in [3.63, 3.8) is 0 Å². The van der Waals surface area contributed by atoms with Crippen molar-refractivity contribution in [2.45, 2.75) is 58.5 Å². The van der Waals surface area contributed by atoms with E-state index < -0.39 is 52.1 Å². The molecule has 2 aromatic heterocycles. The second kappa shape index (κ2) is 12.0. The van der Waals surface area contributed by atoms with E-state index in [0.717, 1.165) is 10.6 Å². The van der Waals surface area contributed by atoms with Gasteiger partial charge >= 0.3 is 0 Å². The van der Waals surface area contributed by atoms with Gasteiger partial charge in [-0.25, -0.2) is 18.7 Å². The number of nitrogens with zero attached hydrogens (tertiary/aromatic N) is 6. The number of halogens is 3. The van der Waals surface area contributed by atoms with E-state index >= 15 is 13.6 Å². The molecule has 0 unspecified atom stereocenters. The minimum atomic E-state index is -1.06. The fourth-order valence-electron chi connectivity index (χ4n) is 6.91. The number of piperazine rings is 1. The van der Waals surface area contributed by atoms with Gasteiger partial charge in [0.1, 0.15) is 29.6 Å². The minimum absolute atomic E-state index is 0.00186. The van der Waals surface area contributed by atoms with Crippen LogP contribution in [-0.4, -0.2) is 68.6 Å². The molecule has 2 atom stereocenters. The minimum Gasteiger partial charge on any atom is -0.507 e. The van der Waals surface area contributed by atoms with Crippen molar-refractivity contribution in [1.29, 1.82) is 0 Å². The fraction of sp³-hybridized carbons (Fsp3) is 0.343. The van der Waals surface area contributed by atoms with Crippen LogP contribution in [0.25, 0.3) is 27.7 Å². The Hall–Kier alpha value is -4.84. The first kappa shape index (κ1) is 33.1. The zero-order valence-electron chi connectivity index (χ0n) is 27.4. The van der Waals surface area contributed by atoms with Gasteiger partial charge in [0.15, 0.2) is 5.82 Å². The summed E-state index contributed by atoms with van der Waals surface area (Å²) >= 11 is 6.79. The molecule has 1 N–H and O–H groups in total. The third kappa shape index (κ3) is 4.84. The third-order valence-corrected chi connectivity index (χ3v) is 9.47. The van der Waals surface area contributed by atoms with Crippen LogP contribution in [0.5, 0.6) is 5.75 Å². The number of aromatic nitrogens is 3. The van der Waals surface area contributed by atoms with E-state index in [9.17, 15) is 14.7 Å². The number of aromatic hydroxyl groups is 1. The molecule has 2 aromatic carbocycles. The predicted molar refractivity (Wildman–Crippen MR) is 181 cm³/mol. The Morgan fingerprint density at radius 1 is 1.04 bits per heavy atom. The number of fused-ring (bicyclic) bond motifs is 5. The van der Waals surface area contributed by atoms with Crippen LogP contribution < -0.4 is 15.4 Å². The highest BCUT2D eigenvalue weighted by molar-refractivity contribution is 6.35. The summed E-state index contributed by atoms with van der Waals surface area (Å²) in [5.74, 6) is -3.80. The zero-order valence-corrected chi connectivity index (χ0v) is 28.1. The number of pyridine rings is 1. The monoisotopic (exact) mass is 676 g/mol. The number of hydrogen-bond donors (Lipinski definition) is 1. The highest BCUT2D eigenvalue weighted by Gasteiger charge is 2.46. The van der Waals surface area contributed by atoms with Gasteiger partial charge in [0.05, 0.1) is 45.4 Å². The van der Waals surface area contributed by atoms with Crippen molar-refractivity contribution >= 4 is 45.7 Å². The molecular formula is C35H35ClF2N6O4. The summed E-state index contributed by atoms with van der Waals surface area (Å²) in [6, 6.07) is 3.68. The Labute approximate surface area is 280 Å². The summed E-state index contributed by atoms with van der Waals surface area (Å²) in [5, 5.41) is 10.7. The molecular weight excluding hydrogens is 642 g/mol. The second-order valence-corrected chi connectivity index (χ2v) is 13.2. The maximum Gasteiger partial charge on any atom is 0.281 e. The molecule has 0 bridgehead atoms. The van der Waals surface area contributed by atoms with Crippen molar-refractivity contribution in [1.82, 2.24) is 19.4 Å². The van der Waals surface area contributed by atoms with Gasteiger partial charge in [-0.1, -0.05) is 51.9 Å². The van der Waals surface area contributed by atoms with Gasteiger partial charge < -0.3 is 19.8 Å². The van der Waals surface area contributed by atoms with Crippen LogP contribution in [0.1, 0.15) is 57.8 Å². The summed E-state index contributed by atoms with van der Waals surface area (Å²) < 4.78 is 34.0. The SMILES string of the molecule is C=CC(=O)N1C[C@@H]2C(=O)N(C)c3c(c4cc(Cl)c(-c5c(O)cccc5F)c(F)c4n(-c4c(C(C)C)ncnc4C(C)C)c3=O)N2C[C@H]1C. The number of amides is 2. The normalized spacial score (nSPS) is 17.7. The fourth-order valence-corrected chi connectivity index (χ4v) is 7.20. The van der Waals surface area contributed by atoms with E-state index in [2.05, 4.69) is 16.5 Å². The van der Waals surface area contributed by atoms with E-state index in [-0.39, 0.29) is 63.8 Å². The Balaban J connectivity index is 1.82. The maximum atomic E-state index is 17.5. The van der Waals surface area contributed by atoms with Crippen molar-refractivity contribution in [3.05, 3.63) is 81.6 Å². The molecule has 1 fully saturated rings. The molecule has 4 aromatic rings. The van der Waals surface area contributed by atoms with Crippen LogP contribution in [0.4, 0.5) is 20.2 Å². The third-order valence-electron chi connectivity index (χ3n) is 9.17. The number of carbonyl (C=O) groups excluding carboxylic acids is 2. The molecule has 2 aliphatic heterocycles. The number of carbonyl (C=O) groups is 2. The van der Waals surface area contributed by atoms with Crippen LogP contribution >= 0.6 is 11.6 Å². The molecule has 0 spiro atoms. The number of phenols is 1. The molecule has 0 aliphatic carbocycles. The van der Waals surface area contributed by atoms with Crippen LogP contribution in [0.15, 0.2) is 48.0 Å². The Morgan fingerprint density at radius 3 is 2.27 bits per heavy atom. The first-order valence-corrected chi connectivity index (χ1v) is 16.0. The standard InChI is InChI=1S/C35H35ClF2N6O4/c1-8-24(46)42-14-22-34(47)41(7)33-31(43(22)13-18(42)6)19-12-20(36)25(26-21(37)10-9-11-23(26)45)27(38)30(19)44(35(33)48)32-28(16(2)3)39-15-40-29(32)17(4)5/h8-12,15-18,22,45H,1,13-14H2,2-7H3/t18-,22-/m1/s1. The maximum absolute atomic E-state index is 17.5. The lowest BCUT2D eigenvalue weighted by Crippen LogP contribution is -2.66. The molecule has 13 heteroatoms. The molecule has 0 saturated carbocycles. The molecule has 48 heavy (non-hydrogen) atoms. The lowest BCUT2D eigenvalue weighted by molar-refractivity contribution is -0.130. The first-order chi connectivity index (χ1) is 22.7. The molecule has 10 nitrogen and oxygen atoms in total. The van der Waals surface area contributed by atoms with Gasteiger partial charge in [-0.15, -0.1) is 0 Å². The highest BCUT2D eigenvalue weighted by atomic mass is 35.5. The Bertz CT molecular complexity index is 2050. The topological polar surface area (TPSA) is 112 Å². The van der Waals surface area contributed by atoms with Crippen LogP contribution in [0, 0.1) is 11.6 Å². The lowest BCUT2D eigenvalue weighted by atomic mass is 9.94. The molecule has 1 saturated heterocycles. The average molecular weight is 677 g/mol. The van der Waals surface area contributed by atoms with Crippen LogP contribution in [0.3, 0.4) is 0 Å². The van der Waals surface area contributed by atoms with E-state index in [1.807, 2.05) is 27.7 Å². The van der Waals surface area contributed by atoms with Crippen molar-refractivity contribution in [3.8, 4) is 22.6 Å². The van der Waals surface area contributed by atoms with E-state index in [0.29, 0.717) is 11.4 Å². The summed E-state index contributed by atoms with van der Waals surface area (Å²) in [4.78, 5) is 55.2. The lowest BCUT2D eigenvalue weighted by Gasteiger charge is -2.50. The summed E-state index contributed by atoms with van der Waals surface area (Å²) in [6.45, 7) is 13.0. The molecule has 0 radical (unpaired) electrons. The number of likely N-dealkylation sites (N-methyl/N-ethyl adjacent to an activating group) is 1. The quantitative estimate of drug-likeness (QED) is 0.262. The van der Waals surface area contributed by atoms with Crippen molar-refractivity contribution in [2.75, 3.05) is 29.9 Å². The predicted octanol–water partition coefficient (Wildman–Crippen LogP) is 5.90. The second-order valence-electron chi connectivity index (χ2n) is 12.8. The Kier molecular flexibility index (Phi) is 8.27. The highest BCUT2D eigenvalue weighted by Crippen LogP contribution is 2.48. The largest absolute Gasteiger partial charge is 0.507 e. The summed E-state index contributed by atoms with van der Waals surface area (Å²) in [5.41, 5.74) is -0.516. The molecule has 6 rings (SSSR count). The summed E-state index contributed by atoms with van der Waals surface area (Å²) in [7, 11) is 1.46. The molecule has 2 amide bonds. The molecule has 4 heterocycles. The smallest absolute Gasteiger partial charge is 0.281 e. The first-order valence-electron chi connectivity index (χ1n) is 15.6. The summed E-state index contributed by atoms with van der Waals surface area (Å²) in [6.07, 6.45) is 2.57. The van der Waals surface area contributed by atoms with Gasteiger partial charge in [-0.2, -0.15) is 0 Å². The Morgan fingerprint density at radius 2 is 1.69 bits per heavy atom. The number of benzene rings is 2. The van der Waals surface area contributed by atoms with Gasteiger partial charge in [-0.3, -0.25) is 19.0 Å². The van der Waals surface area contributed by atoms with Gasteiger partial charge in [0, 0.05) is 30.6 Å². The van der Waals surface area contributed by atoms with E-state index in [4.69, 9.17) is 11.6 Å². The number of rotatable bonds is 5. The van der Waals surface area contributed by atoms with E-state index in [1.54, 1.807) is 11.8 Å². The number of phenolic OH excluding ortho intramolecular Hbond substituents is 1. The van der Waals surface area contributed by atoms with Gasteiger partial charge in [0.2, 0.25) is 5.91 Å². The molecule has 2 aliphatic rings. The number of anilines is 2.